The topological polar surface area (TPSA) is 62.9 Å². The van der Waals surface area contributed by atoms with Gasteiger partial charge >= 0.3 is 0 Å². The van der Waals surface area contributed by atoms with Crippen LogP contribution in [-0.2, 0) is 4.74 Å². The maximum Gasteiger partial charge on any atom is 0.188 e. The first-order valence-electron chi connectivity index (χ1n) is 8.71. The largest absolute Gasteiger partial charge is 0.382 e. The first kappa shape index (κ1) is 17.8. The normalized spacial score (nSPS) is 17.3. The van der Waals surface area contributed by atoms with E-state index in [2.05, 4.69) is 45.5 Å². The molecule has 0 aliphatic carbocycles. The van der Waals surface area contributed by atoms with Crippen LogP contribution in [0.25, 0.3) is 0 Å². The van der Waals surface area contributed by atoms with E-state index < -0.39 is 0 Å². The second kappa shape index (κ2) is 10.2. The lowest BCUT2D eigenvalue weighted by molar-refractivity contribution is 0.145. The van der Waals surface area contributed by atoms with Gasteiger partial charge in [0.15, 0.2) is 5.96 Å². The number of ether oxygens (including phenoxy) is 1. The fraction of sp³-hybridized carbons (Fsp3) is 0.611. The summed E-state index contributed by atoms with van der Waals surface area (Å²) in [5, 5.41) is 3.17. The van der Waals surface area contributed by atoms with Crippen LogP contribution in [0, 0.1) is 0 Å². The molecular formula is C18H30N4O. The summed E-state index contributed by atoms with van der Waals surface area (Å²) in [5.41, 5.74) is 7.31. The maximum absolute atomic E-state index is 5.99. The zero-order valence-electron chi connectivity index (χ0n) is 14.2. The van der Waals surface area contributed by atoms with Gasteiger partial charge in [-0.1, -0.05) is 30.3 Å². The van der Waals surface area contributed by atoms with E-state index in [0.717, 1.165) is 39.3 Å². The molecule has 2 rings (SSSR count). The van der Waals surface area contributed by atoms with E-state index in [-0.39, 0.29) is 0 Å². The Labute approximate surface area is 139 Å². The summed E-state index contributed by atoms with van der Waals surface area (Å²) >= 11 is 0. The molecule has 23 heavy (non-hydrogen) atoms. The molecule has 1 aromatic rings. The van der Waals surface area contributed by atoms with Crippen LogP contribution >= 0.6 is 0 Å². The number of benzene rings is 1. The molecule has 0 spiro atoms. The SMILES string of the molecule is CCOCCCNC(N)=NCC(c1ccccc1)N1CCCC1. The standard InChI is InChI=1S/C18H30N4O/c1-2-23-14-8-11-20-18(19)21-15-17(22-12-6-7-13-22)16-9-4-3-5-10-16/h3-5,9-10,17H,2,6-8,11-15H2,1H3,(H3,19,20,21). The smallest absolute Gasteiger partial charge is 0.188 e. The monoisotopic (exact) mass is 318 g/mol. The van der Waals surface area contributed by atoms with Crippen LogP contribution in [0.3, 0.4) is 0 Å². The molecule has 0 amide bonds. The van der Waals surface area contributed by atoms with Crippen LogP contribution in [-0.4, -0.2) is 50.3 Å². The van der Waals surface area contributed by atoms with E-state index in [9.17, 15) is 0 Å². The van der Waals surface area contributed by atoms with Crippen LogP contribution in [0.1, 0.15) is 37.8 Å². The highest BCUT2D eigenvalue weighted by atomic mass is 16.5. The van der Waals surface area contributed by atoms with Crippen LogP contribution < -0.4 is 11.1 Å². The van der Waals surface area contributed by atoms with Crippen molar-refractivity contribution in [1.29, 1.82) is 0 Å². The predicted octanol–water partition coefficient (Wildman–Crippen LogP) is 2.15. The minimum Gasteiger partial charge on any atom is -0.382 e. The van der Waals surface area contributed by atoms with Crippen molar-refractivity contribution in [1.82, 2.24) is 10.2 Å². The fourth-order valence-electron chi connectivity index (χ4n) is 2.94. The third-order valence-electron chi connectivity index (χ3n) is 4.18. The van der Waals surface area contributed by atoms with Gasteiger partial charge in [-0.15, -0.1) is 0 Å². The highest BCUT2D eigenvalue weighted by Gasteiger charge is 2.22. The zero-order chi connectivity index (χ0) is 16.3. The lowest BCUT2D eigenvalue weighted by Gasteiger charge is -2.26. The first-order chi connectivity index (χ1) is 11.3. The number of likely N-dealkylation sites (tertiary alicyclic amines) is 1. The van der Waals surface area contributed by atoms with Gasteiger partial charge in [-0.3, -0.25) is 9.89 Å². The van der Waals surface area contributed by atoms with E-state index in [4.69, 9.17) is 10.5 Å². The fourth-order valence-corrected chi connectivity index (χ4v) is 2.94. The van der Waals surface area contributed by atoms with Gasteiger partial charge in [0.25, 0.3) is 0 Å². The summed E-state index contributed by atoms with van der Waals surface area (Å²) in [5.74, 6) is 0.529. The molecule has 1 aliphatic rings. The molecule has 1 unspecified atom stereocenters. The quantitative estimate of drug-likeness (QED) is 0.416. The van der Waals surface area contributed by atoms with Gasteiger partial charge in [-0.2, -0.15) is 0 Å². The van der Waals surface area contributed by atoms with E-state index >= 15 is 0 Å². The number of aliphatic imine (C=N–C) groups is 1. The molecule has 1 heterocycles. The van der Waals surface area contributed by atoms with E-state index in [1.165, 1.54) is 18.4 Å². The lowest BCUT2D eigenvalue weighted by Crippen LogP contribution is -2.35. The minimum atomic E-state index is 0.322. The van der Waals surface area contributed by atoms with Crippen molar-refractivity contribution in [2.75, 3.05) is 39.4 Å². The van der Waals surface area contributed by atoms with Gasteiger partial charge in [0.2, 0.25) is 0 Å². The summed E-state index contributed by atoms with van der Waals surface area (Å²) in [6, 6.07) is 10.9. The molecule has 1 aromatic carbocycles. The van der Waals surface area contributed by atoms with Gasteiger partial charge < -0.3 is 15.8 Å². The lowest BCUT2D eigenvalue weighted by atomic mass is 10.1. The molecule has 0 radical (unpaired) electrons. The van der Waals surface area contributed by atoms with Crippen molar-refractivity contribution >= 4 is 5.96 Å². The number of nitrogens with one attached hydrogen (secondary N) is 1. The van der Waals surface area contributed by atoms with Crippen LogP contribution in [0.2, 0.25) is 0 Å². The molecule has 1 fully saturated rings. The van der Waals surface area contributed by atoms with Crippen LogP contribution in [0.15, 0.2) is 35.3 Å². The first-order valence-corrected chi connectivity index (χ1v) is 8.71. The van der Waals surface area contributed by atoms with Gasteiger partial charge in [0, 0.05) is 19.8 Å². The van der Waals surface area contributed by atoms with Gasteiger partial charge in [-0.25, -0.2) is 0 Å². The van der Waals surface area contributed by atoms with Crippen LogP contribution in [0.5, 0.6) is 0 Å². The third-order valence-corrected chi connectivity index (χ3v) is 4.18. The molecule has 1 saturated heterocycles. The Bertz CT molecular complexity index is 457. The highest BCUT2D eigenvalue weighted by molar-refractivity contribution is 5.77. The van der Waals surface area contributed by atoms with Crippen LogP contribution in [0.4, 0.5) is 0 Å². The third kappa shape index (κ3) is 6.20. The Morgan fingerprint density at radius 3 is 2.74 bits per heavy atom. The number of nitrogens with zero attached hydrogens (tertiary/aromatic N) is 2. The zero-order valence-corrected chi connectivity index (χ0v) is 14.2. The summed E-state index contributed by atoms with van der Waals surface area (Å²) in [4.78, 5) is 7.08. The highest BCUT2D eigenvalue weighted by Crippen LogP contribution is 2.25. The molecule has 0 bridgehead atoms. The van der Waals surface area contributed by atoms with Crippen molar-refractivity contribution in [2.24, 2.45) is 10.7 Å². The van der Waals surface area contributed by atoms with Crippen molar-refractivity contribution in [2.45, 2.75) is 32.2 Å². The summed E-state index contributed by atoms with van der Waals surface area (Å²) in [6.07, 6.45) is 3.49. The molecular weight excluding hydrogens is 288 g/mol. The molecule has 5 heteroatoms. The van der Waals surface area contributed by atoms with Crippen molar-refractivity contribution in [3.05, 3.63) is 35.9 Å². The number of hydrogen-bond donors (Lipinski definition) is 2. The van der Waals surface area contributed by atoms with Crippen molar-refractivity contribution < 1.29 is 4.74 Å². The van der Waals surface area contributed by atoms with E-state index in [0.29, 0.717) is 18.5 Å². The molecule has 5 nitrogen and oxygen atoms in total. The minimum absolute atomic E-state index is 0.322. The molecule has 128 valence electrons. The summed E-state index contributed by atoms with van der Waals surface area (Å²) in [6.45, 7) is 7.33. The molecule has 1 atom stereocenters. The average molecular weight is 318 g/mol. The number of guanidine groups is 1. The average Bonchev–Trinajstić information content (AvgIpc) is 3.10. The van der Waals surface area contributed by atoms with Gasteiger partial charge in [-0.05, 0) is 44.8 Å². The Morgan fingerprint density at radius 2 is 2.04 bits per heavy atom. The molecule has 3 N–H and O–H groups in total. The second-order valence-corrected chi connectivity index (χ2v) is 5.87. The number of hydrogen-bond acceptors (Lipinski definition) is 3. The van der Waals surface area contributed by atoms with Gasteiger partial charge in [0.05, 0.1) is 12.6 Å². The summed E-state index contributed by atoms with van der Waals surface area (Å²) < 4.78 is 5.31. The van der Waals surface area contributed by atoms with Crippen molar-refractivity contribution in [3.8, 4) is 0 Å². The molecule has 1 aliphatic heterocycles. The molecule has 0 aromatic heterocycles. The second-order valence-electron chi connectivity index (χ2n) is 5.87. The Morgan fingerprint density at radius 1 is 1.30 bits per heavy atom. The van der Waals surface area contributed by atoms with E-state index in [1.807, 2.05) is 6.92 Å². The number of nitrogens with two attached hydrogens (primary N) is 1. The Balaban J connectivity index is 1.86. The van der Waals surface area contributed by atoms with Gasteiger partial charge in [0.1, 0.15) is 0 Å². The number of rotatable bonds is 9. The Kier molecular flexibility index (Phi) is 7.90. The molecule has 0 saturated carbocycles. The Hall–Kier alpha value is -1.59. The van der Waals surface area contributed by atoms with Crippen molar-refractivity contribution in [3.63, 3.8) is 0 Å². The summed E-state index contributed by atoms with van der Waals surface area (Å²) in [7, 11) is 0. The predicted molar refractivity (Wildman–Crippen MR) is 95.6 cm³/mol. The maximum atomic E-state index is 5.99. The van der Waals surface area contributed by atoms with E-state index in [1.54, 1.807) is 0 Å².